The standard InChI is InChI=1S/C21H18O5/c1-24-16-10-15(11-17(12-16)25-2)21(23)26-13-20(22)19-9-5-7-14-6-3-4-8-18(14)19/h3-12H,13H2,1-2H3. The van der Waals surface area contributed by atoms with Crippen molar-refractivity contribution in [3.63, 3.8) is 0 Å². The molecule has 0 saturated heterocycles. The number of ether oxygens (including phenoxy) is 3. The summed E-state index contributed by atoms with van der Waals surface area (Å²) in [7, 11) is 2.99. The van der Waals surface area contributed by atoms with Gasteiger partial charge >= 0.3 is 5.97 Å². The lowest BCUT2D eigenvalue weighted by atomic mass is 10.0. The predicted octanol–water partition coefficient (Wildman–Crippen LogP) is 3.90. The van der Waals surface area contributed by atoms with Crippen molar-refractivity contribution in [2.24, 2.45) is 0 Å². The quantitative estimate of drug-likeness (QED) is 0.498. The molecule has 3 aromatic rings. The Bertz CT molecular complexity index is 934. The summed E-state index contributed by atoms with van der Waals surface area (Å²) in [4.78, 5) is 24.8. The molecule has 3 aromatic carbocycles. The molecular formula is C21H18O5. The van der Waals surface area contributed by atoms with Gasteiger partial charge in [-0.05, 0) is 22.9 Å². The predicted molar refractivity (Wildman–Crippen MR) is 98.1 cm³/mol. The van der Waals surface area contributed by atoms with Gasteiger partial charge in [0.05, 0.1) is 19.8 Å². The molecule has 5 heteroatoms. The van der Waals surface area contributed by atoms with Crippen molar-refractivity contribution >= 4 is 22.5 Å². The molecule has 0 spiro atoms. The molecule has 5 nitrogen and oxygen atoms in total. The summed E-state index contributed by atoms with van der Waals surface area (Å²) in [6.07, 6.45) is 0. The SMILES string of the molecule is COc1cc(OC)cc(C(=O)OCC(=O)c2cccc3ccccc23)c1. The van der Waals surface area contributed by atoms with Gasteiger partial charge in [0, 0.05) is 11.6 Å². The number of methoxy groups -OCH3 is 2. The van der Waals surface area contributed by atoms with Crippen LogP contribution in [0.25, 0.3) is 10.8 Å². The molecule has 0 unspecified atom stereocenters. The summed E-state index contributed by atoms with van der Waals surface area (Å²) in [5, 5.41) is 1.79. The second kappa shape index (κ2) is 7.70. The largest absolute Gasteiger partial charge is 0.497 e. The van der Waals surface area contributed by atoms with Crippen LogP contribution < -0.4 is 9.47 Å². The summed E-state index contributed by atoms with van der Waals surface area (Å²) in [5.41, 5.74) is 0.783. The number of fused-ring (bicyclic) bond motifs is 1. The van der Waals surface area contributed by atoms with Crippen LogP contribution in [0.15, 0.2) is 60.7 Å². The minimum Gasteiger partial charge on any atom is -0.497 e. The first-order chi connectivity index (χ1) is 12.6. The Balaban J connectivity index is 1.76. The Kier molecular flexibility index (Phi) is 5.17. The zero-order valence-corrected chi connectivity index (χ0v) is 14.5. The van der Waals surface area contributed by atoms with Gasteiger partial charge < -0.3 is 14.2 Å². The van der Waals surface area contributed by atoms with Crippen molar-refractivity contribution in [1.82, 2.24) is 0 Å². The van der Waals surface area contributed by atoms with Crippen molar-refractivity contribution in [2.45, 2.75) is 0 Å². The third-order valence-corrected chi connectivity index (χ3v) is 4.01. The fourth-order valence-electron chi connectivity index (χ4n) is 2.69. The highest BCUT2D eigenvalue weighted by molar-refractivity contribution is 6.09. The summed E-state index contributed by atoms with van der Waals surface area (Å²) in [6, 6.07) is 17.8. The fourth-order valence-corrected chi connectivity index (χ4v) is 2.69. The van der Waals surface area contributed by atoms with Crippen LogP contribution in [-0.2, 0) is 4.74 Å². The molecule has 3 rings (SSSR count). The highest BCUT2D eigenvalue weighted by Crippen LogP contribution is 2.23. The van der Waals surface area contributed by atoms with Gasteiger partial charge in [-0.2, -0.15) is 0 Å². The number of hydrogen-bond donors (Lipinski definition) is 0. The van der Waals surface area contributed by atoms with Crippen LogP contribution >= 0.6 is 0 Å². The van der Waals surface area contributed by atoms with E-state index in [1.165, 1.54) is 26.4 Å². The lowest BCUT2D eigenvalue weighted by Gasteiger charge is -2.09. The normalized spacial score (nSPS) is 10.4. The third kappa shape index (κ3) is 3.67. The highest BCUT2D eigenvalue weighted by atomic mass is 16.5. The number of carbonyl (C=O) groups excluding carboxylic acids is 2. The van der Waals surface area contributed by atoms with Crippen LogP contribution in [0.3, 0.4) is 0 Å². The van der Waals surface area contributed by atoms with Crippen LogP contribution in [0.5, 0.6) is 11.5 Å². The first-order valence-electron chi connectivity index (χ1n) is 8.03. The summed E-state index contributed by atoms with van der Waals surface area (Å²) in [5.74, 6) is 0.0640. The molecule has 0 aliphatic heterocycles. The van der Waals surface area contributed by atoms with Gasteiger partial charge in [0.2, 0.25) is 5.78 Å². The molecule has 0 aliphatic carbocycles. The average molecular weight is 350 g/mol. The van der Waals surface area contributed by atoms with E-state index < -0.39 is 5.97 Å². The van der Waals surface area contributed by atoms with Gasteiger partial charge in [-0.1, -0.05) is 42.5 Å². The Labute approximate surface area is 151 Å². The molecule has 0 aliphatic rings. The van der Waals surface area contributed by atoms with Crippen LogP contribution in [0.1, 0.15) is 20.7 Å². The van der Waals surface area contributed by atoms with E-state index in [9.17, 15) is 9.59 Å². The van der Waals surface area contributed by atoms with Gasteiger partial charge in [0.15, 0.2) is 6.61 Å². The fraction of sp³-hybridized carbons (Fsp3) is 0.143. The smallest absolute Gasteiger partial charge is 0.338 e. The number of rotatable bonds is 6. The second-order valence-electron chi connectivity index (χ2n) is 5.63. The van der Waals surface area contributed by atoms with E-state index in [4.69, 9.17) is 14.2 Å². The van der Waals surface area contributed by atoms with E-state index in [1.54, 1.807) is 12.1 Å². The molecule has 26 heavy (non-hydrogen) atoms. The van der Waals surface area contributed by atoms with Crippen molar-refractivity contribution in [1.29, 1.82) is 0 Å². The lowest BCUT2D eigenvalue weighted by Crippen LogP contribution is -2.14. The van der Waals surface area contributed by atoms with Crippen molar-refractivity contribution in [3.8, 4) is 11.5 Å². The Hall–Kier alpha value is -3.34. The molecule has 132 valence electrons. The van der Waals surface area contributed by atoms with Crippen molar-refractivity contribution in [2.75, 3.05) is 20.8 Å². The van der Waals surface area contributed by atoms with Gasteiger partial charge in [-0.25, -0.2) is 4.79 Å². The van der Waals surface area contributed by atoms with Crippen LogP contribution in [0.2, 0.25) is 0 Å². The molecule has 0 fully saturated rings. The molecule has 0 N–H and O–H groups in total. The minimum atomic E-state index is -0.615. The van der Waals surface area contributed by atoms with Gasteiger partial charge in [-0.15, -0.1) is 0 Å². The number of benzene rings is 3. The van der Waals surface area contributed by atoms with Gasteiger partial charge in [0.1, 0.15) is 11.5 Å². The van der Waals surface area contributed by atoms with Gasteiger partial charge in [-0.3, -0.25) is 4.79 Å². The number of ketones is 1. The molecule has 0 radical (unpaired) electrons. The molecule has 0 saturated carbocycles. The molecule has 0 atom stereocenters. The Morgan fingerprint density at radius 3 is 2.19 bits per heavy atom. The zero-order valence-electron chi connectivity index (χ0n) is 14.5. The van der Waals surface area contributed by atoms with E-state index in [2.05, 4.69) is 0 Å². The van der Waals surface area contributed by atoms with Crippen LogP contribution in [0, 0.1) is 0 Å². The van der Waals surface area contributed by atoms with E-state index >= 15 is 0 Å². The van der Waals surface area contributed by atoms with E-state index in [-0.39, 0.29) is 18.0 Å². The Morgan fingerprint density at radius 1 is 0.846 bits per heavy atom. The number of esters is 1. The third-order valence-electron chi connectivity index (χ3n) is 4.01. The molecule has 0 heterocycles. The average Bonchev–Trinajstić information content (AvgIpc) is 2.70. The summed E-state index contributed by atoms with van der Waals surface area (Å²) >= 11 is 0. The monoisotopic (exact) mass is 350 g/mol. The van der Waals surface area contributed by atoms with Crippen molar-refractivity contribution < 1.29 is 23.8 Å². The van der Waals surface area contributed by atoms with Crippen LogP contribution in [0.4, 0.5) is 0 Å². The van der Waals surface area contributed by atoms with Crippen molar-refractivity contribution in [3.05, 3.63) is 71.8 Å². The number of Topliss-reactive ketones (excluding diaryl/α,β-unsaturated/α-hetero) is 1. The molecule has 0 bridgehead atoms. The first-order valence-corrected chi connectivity index (χ1v) is 8.03. The Morgan fingerprint density at radius 2 is 1.50 bits per heavy atom. The lowest BCUT2D eigenvalue weighted by molar-refractivity contribution is 0.0474. The van der Waals surface area contributed by atoms with E-state index in [1.807, 2.05) is 36.4 Å². The second-order valence-corrected chi connectivity index (χ2v) is 5.63. The van der Waals surface area contributed by atoms with E-state index in [0.717, 1.165) is 10.8 Å². The summed E-state index contributed by atoms with van der Waals surface area (Å²) in [6.45, 7) is -0.341. The summed E-state index contributed by atoms with van der Waals surface area (Å²) < 4.78 is 15.5. The van der Waals surface area contributed by atoms with E-state index in [0.29, 0.717) is 17.1 Å². The topological polar surface area (TPSA) is 61.8 Å². The molecule has 0 amide bonds. The maximum Gasteiger partial charge on any atom is 0.338 e. The zero-order chi connectivity index (χ0) is 18.5. The number of hydrogen-bond acceptors (Lipinski definition) is 5. The first kappa shape index (κ1) is 17.5. The maximum atomic E-state index is 12.5. The molecular weight excluding hydrogens is 332 g/mol. The van der Waals surface area contributed by atoms with Gasteiger partial charge in [0.25, 0.3) is 0 Å². The highest BCUT2D eigenvalue weighted by Gasteiger charge is 2.15. The number of carbonyl (C=O) groups is 2. The molecule has 0 aromatic heterocycles. The van der Waals surface area contributed by atoms with Crippen LogP contribution in [-0.4, -0.2) is 32.6 Å². The maximum absolute atomic E-state index is 12.5. The minimum absolute atomic E-state index is 0.256.